The number of ketones is 1. The summed E-state index contributed by atoms with van der Waals surface area (Å²) in [5.74, 6) is -0.0152. The highest BCUT2D eigenvalue weighted by Crippen LogP contribution is 2.77. The zero-order chi connectivity index (χ0) is 14.7. The van der Waals surface area contributed by atoms with Crippen molar-refractivity contribution in [2.24, 2.45) is 5.41 Å². The van der Waals surface area contributed by atoms with Gasteiger partial charge in [0, 0.05) is 11.5 Å². The third-order valence-electron chi connectivity index (χ3n) is 4.96. The second-order valence-electron chi connectivity index (χ2n) is 5.92. The van der Waals surface area contributed by atoms with Crippen molar-refractivity contribution in [3.8, 4) is 0 Å². The van der Waals surface area contributed by atoms with Crippen molar-refractivity contribution in [3.05, 3.63) is 71.3 Å². The first-order valence-corrected chi connectivity index (χ1v) is 7.90. The summed E-state index contributed by atoms with van der Waals surface area (Å²) >= 11 is 13.2. The molecule has 0 N–H and O–H groups in total. The van der Waals surface area contributed by atoms with Crippen molar-refractivity contribution >= 4 is 29.0 Å². The minimum absolute atomic E-state index is 0.100. The number of aryl methyl sites for hydroxylation is 1. The highest BCUT2D eigenvalue weighted by molar-refractivity contribution is 6.55. The van der Waals surface area contributed by atoms with Gasteiger partial charge in [-0.25, -0.2) is 0 Å². The monoisotopic (exact) mass is 316 g/mol. The lowest BCUT2D eigenvalue weighted by Gasteiger charge is -2.25. The molecular formula is C18H14Cl2O. The molecule has 0 bridgehead atoms. The van der Waals surface area contributed by atoms with Crippen LogP contribution in [0.15, 0.2) is 54.6 Å². The molecule has 0 heterocycles. The number of hydrogen-bond donors (Lipinski definition) is 0. The summed E-state index contributed by atoms with van der Waals surface area (Å²) in [5, 5.41) is 0. The Hall–Kier alpha value is -1.31. The largest absolute Gasteiger partial charge is 0.293 e. The van der Waals surface area contributed by atoms with E-state index in [0.717, 1.165) is 29.5 Å². The van der Waals surface area contributed by atoms with Gasteiger partial charge in [-0.3, -0.25) is 4.79 Å². The molecule has 1 saturated carbocycles. The Morgan fingerprint density at radius 2 is 1.62 bits per heavy atom. The molecule has 106 valence electrons. The molecule has 2 unspecified atom stereocenters. The van der Waals surface area contributed by atoms with E-state index in [4.69, 9.17) is 23.2 Å². The van der Waals surface area contributed by atoms with E-state index in [1.807, 2.05) is 54.6 Å². The Balaban J connectivity index is 1.82. The van der Waals surface area contributed by atoms with Crippen LogP contribution in [0.1, 0.15) is 33.8 Å². The Morgan fingerprint density at radius 3 is 2.38 bits per heavy atom. The molecule has 21 heavy (non-hydrogen) atoms. The van der Waals surface area contributed by atoms with E-state index in [0.29, 0.717) is 0 Å². The Bertz CT molecular complexity index is 723. The lowest BCUT2D eigenvalue weighted by atomic mass is 9.78. The van der Waals surface area contributed by atoms with Gasteiger partial charge in [0.15, 0.2) is 5.78 Å². The molecule has 0 aliphatic heterocycles. The van der Waals surface area contributed by atoms with Crippen LogP contribution in [0.4, 0.5) is 0 Å². The topological polar surface area (TPSA) is 17.1 Å². The number of rotatable bonds is 1. The van der Waals surface area contributed by atoms with E-state index < -0.39 is 9.75 Å². The van der Waals surface area contributed by atoms with Crippen LogP contribution in [-0.4, -0.2) is 10.1 Å². The molecule has 1 nitrogen and oxygen atoms in total. The summed E-state index contributed by atoms with van der Waals surface area (Å²) in [6.07, 6.45) is 1.57. The molecule has 2 aliphatic carbocycles. The van der Waals surface area contributed by atoms with E-state index in [2.05, 4.69) is 0 Å². The Kier molecular flexibility index (Phi) is 2.76. The molecule has 2 atom stereocenters. The van der Waals surface area contributed by atoms with Gasteiger partial charge in [-0.2, -0.15) is 0 Å². The molecule has 2 aromatic rings. The summed E-state index contributed by atoms with van der Waals surface area (Å²) in [7, 11) is 0. The Morgan fingerprint density at radius 1 is 0.952 bits per heavy atom. The predicted octanol–water partition coefficient (Wildman–Crippen LogP) is 4.77. The molecule has 2 aliphatic rings. The number of hydrogen-bond acceptors (Lipinski definition) is 1. The van der Waals surface area contributed by atoms with Crippen LogP contribution in [-0.2, 0) is 6.42 Å². The van der Waals surface area contributed by atoms with Crippen LogP contribution in [0.3, 0.4) is 0 Å². The molecule has 0 amide bonds. The summed E-state index contributed by atoms with van der Waals surface area (Å²) in [6, 6.07) is 17.7. The van der Waals surface area contributed by atoms with E-state index >= 15 is 0 Å². The van der Waals surface area contributed by atoms with Gasteiger partial charge in [-0.15, -0.1) is 0 Å². The highest BCUT2D eigenvalue weighted by Gasteiger charge is 2.80. The molecule has 0 radical (unpaired) electrons. The average Bonchev–Trinajstić information content (AvgIpc) is 3.01. The first-order chi connectivity index (χ1) is 10.1. The lowest BCUT2D eigenvalue weighted by Crippen LogP contribution is -2.29. The molecule has 1 spiro atoms. The summed E-state index contributed by atoms with van der Waals surface area (Å²) < 4.78 is -1.00. The van der Waals surface area contributed by atoms with Gasteiger partial charge in [-0.05, 0) is 24.0 Å². The van der Waals surface area contributed by atoms with Gasteiger partial charge in [0.1, 0.15) is 4.33 Å². The van der Waals surface area contributed by atoms with Crippen LogP contribution >= 0.6 is 23.2 Å². The first kappa shape index (κ1) is 13.4. The van der Waals surface area contributed by atoms with Crippen molar-refractivity contribution in [2.45, 2.75) is 23.1 Å². The van der Waals surface area contributed by atoms with Crippen molar-refractivity contribution in [1.82, 2.24) is 0 Å². The minimum Gasteiger partial charge on any atom is -0.293 e. The third kappa shape index (κ3) is 1.62. The van der Waals surface area contributed by atoms with Crippen LogP contribution in [0.25, 0.3) is 0 Å². The smallest absolute Gasteiger partial charge is 0.173 e. The fourth-order valence-corrected chi connectivity index (χ4v) is 4.93. The fraction of sp³-hybridized carbons (Fsp3) is 0.278. The molecule has 4 rings (SSSR count). The molecule has 1 fully saturated rings. The van der Waals surface area contributed by atoms with Crippen LogP contribution in [0.2, 0.25) is 0 Å². The van der Waals surface area contributed by atoms with Crippen molar-refractivity contribution in [3.63, 3.8) is 0 Å². The van der Waals surface area contributed by atoms with Gasteiger partial charge in [0.05, 0.1) is 5.41 Å². The second-order valence-corrected chi connectivity index (χ2v) is 7.31. The first-order valence-electron chi connectivity index (χ1n) is 7.14. The SMILES string of the molecule is O=C1c2ccccc2CCC12C(c1ccccc1)C2(Cl)Cl. The summed E-state index contributed by atoms with van der Waals surface area (Å²) in [4.78, 5) is 13.0. The van der Waals surface area contributed by atoms with Crippen molar-refractivity contribution in [1.29, 1.82) is 0 Å². The maximum Gasteiger partial charge on any atom is 0.173 e. The second kappa shape index (κ2) is 4.34. The van der Waals surface area contributed by atoms with Crippen LogP contribution < -0.4 is 0 Å². The van der Waals surface area contributed by atoms with E-state index in [1.54, 1.807) is 0 Å². The maximum atomic E-state index is 13.0. The van der Waals surface area contributed by atoms with Crippen LogP contribution in [0.5, 0.6) is 0 Å². The molecular weight excluding hydrogens is 303 g/mol. The zero-order valence-electron chi connectivity index (χ0n) is 11.4. The minimum atomic E-state index is -1.00. The van der Waals surface area contributed by atoms with Crippen molar-refractivity contribution in [2.75, 3.05) is 0 Å². The average molecular weight is 317 g/mol. The molecule has 0 aromatic heterocycles. The quantitative estimate of drug-likeness (QED) is 0.692. The third-order valence-corrected chi connectivity index (χ3v) is 6.07. The van der Waals surface area contributed by atoms with Gasteiger partial charge < -0.3 is 0 Å². The number of carbonyl (C=O) groups excluding carboxylic acids is 1. The highest BCUT2D eigenvalue weighted by atomic mass is 35.5. The van der Waals surface area contributed by atoms with Gasteiger partial charge >= 0.3 is 0 Å². The van der Waals surface area contributed by atoms with E-state index in [1.165, 1.54) is 0 Å². The maximum absolute atomic E-state index is 13.0. The van der Waals surface area contributed by atoms with Gasteiger partial charge in [-0.1, -0.05) is 77.8 Å². The number of carbonyl (C=O) groups is 1. The number of Topliss-reactive ketones (excluding diaryl/α,β-unsaturated/α-hetero) is 1. The molecule has 3 heteroatoms. The van der Waals surface area contributed by atoms with Crippen LogP contribution in [0, 0.1) is 5.41 Å². The summed E-state index contributed by atoms with van der Waals surface area (Å²) in [5.41, 5.74) is 2.28. The Labute approximate surface area is 133 Å². The zero-order valence-corrected chi connectivity index (χ0v) is 12.9. The van der Waals surface area contributed by atoms with Crippen molar-refractivity contribution < 1.29 is 4.79 Å². The fourth-order valence-electron chi connectivity index (χ4n) is 3.84. The molecule has 2 aromatic carbocycles. The summed E-state index contributed by atoms with van der Waals surface area (Å²) in [6.45, 7) is 0. The standard InChI is InChI=1S/C18H14Cl2O/c19-18(20)15(13-7-2-1-3-8-13)17(18)11-10-12-6-4-5-9-14(12)16(17)21/h1-9,15H,10-11H2. The lowest BCUT2D eigenvalue weighted by molar-refractivity contribution is 0.0872. The van der Waals surface area contributed by atoms with Gasteiger partial charge in [0.2, 0.25) is 0 Å². The normalized spacial score (nSPS) is 29.2. The predicted molar refractivity (Wildman–Crippen MR) is 85.1 cm³/mol. The number of fused-ring (bicyclic) bond motifs is 1. The number of benzene rings is 2. The van der Waals surface area contributed by atoms with E-state index in [-0.39, 0.29) is 11.7 Å². The molecule has 0 saturated heterocycles. The number of alkyl halides is 2. The van der Waals surface area contributed by atoms with Gasteiger partial charge in [0.25, 0.3) is 0 Å². The van der Waals surface area contributed by atoms with E-state index in [9.17, 15) is 4.79 Å². The number of halogens is 2.